The molecule has 4 aromatic rings. The molecule has 0 aliphatic carbocycles. The van der Waals surface area contributed by atoms with Crippen LogP contribution in [0.15, 0.2) is 54.7 Å². The summed E-state index contributed by atoms with van der Waals surface area (Å²) in [5.74, 6) is -0.425. The molecule has 2 aromatic carbocycles. The Balaban J connectivity index is 1.63. The standard InChI is InChI=1S/C20H16FN3OS/c1-12-3-9-16(10-4-12)22-19(25)18-13(2)24-11-17(23-20(24)26-18)14-5-7-15(21)8-6-14/h3-11H,1-2H3,(H,22,25). The van der Waals surface area contributed by atoms with Crippen LogP contribution in [0.1, 0.15) is 20.9 Å². The maximum Gasteiger partial charge on any atom is 0.267 e. The average Bonchev–Trinajstić information content (AvgIpc) is 3.17. The molecule has 4 rings (SSSR count). The highest BCUT2D eigenvalue weighted by Crippen LogP contribution is 2.28. The van der Waals surface area contributed by atoms with E-state index in [0.29, 0.717) is 4.88 Å². The van der Waals surface area contributed by atoms with Crippen molar-refractivity contribution in [3.05, 3.63) is 76.7 Å². The normalized spacial score (nSPS) is 11.0. The van der Waals surface area contributed by atoms with E-state index in [1.807, 2.05) is 48.7 Å². The van der Waals surface area contributed by atoms with Crippen LogP contribution in [0, 0.1) is 19.7 Å². The summed E-state index contributed by atoms with van der Waals surface area (Å²) < 4.78 is 15.0. The molecule has 0 fully saturated rings. The molecule has 0 saturated carbocycles. The van der Waals surface area contributed by atoms with E-state index in [4.69, 9.17) is 0 Å². The van der Waals surface area contributed by atoms with Gasteiger partial charge in [-0.2, -0.15) is 0 Å². The maximum atomic E-state index is 13.1. The molecule has 6 heteroatoms. The second kappa shape index (κ2) is 6.38. The van der Waals surface area contributed by atoms with E-state index in [1.165, 1.54) is 23.5 Å². The first-order chi connectivity index (χ1) is 12.5. The van der Waals surface area contributed by atoms with Gasteiger partial charge in [0, 0.05) is 23.1 Å². The van der Waals surface area contributed by atoms with E-state index in [2.05, 4.69) is 10.3 Å². The van der Waals surface area contributed by atoms with Gasteiger partial charge in [0.15, 0.2) is 4.96 Å². The third-order valence-corrected chi connectivity index (χ3v) is 5.37. The Morgan fingerprint density at radius 1 is 1.08 bits per heavy atom. The Bertz CT molecular complexity index is 1090. The SMILES string of the molecule is Cc1ccc(NC(=O)c2sc3nc(-c4ccc(F)cc4)cn3c2C)cc1. The highest BCUT2D eigenvalue weighted by molar-refractivity contribution is 7.19. The van der Waals surface area contributed by atoms with E-state index >= 15 is 0 Å². The number of rotatable bonds is 3. The van der Waals surface area contributed by atoms with Gasteiger partial charge in [0.25, 0.3) is 5.91 Å². The smallest absolute Gasteiger partial charge is 0.267 e. The molecule has 0 saturated heterocycles. The number of nitrogens with one attached hydrogen (secondary N) is 1. The molecule has 0 spiro atoms. The predicted octanol–water partition coefficient (Wildman–Crippen LogP) is 5.07. The molecule has 1 amide bonds. The molecule has 2 aromatic heterocycles. The lowest BCUT2D eigenvalue weighted by Gasteiger charge is -2.04. The number of carbonyl (C=O) groups is 1. The number of hydrogen-bond acceptors (Lipinski definition) is 3. The molecule has 26 heavy (non-hydrogen) atoms. The lowest BCUT2D eigenvalue weighted by molar-refractivity contribution is 0.102. The van der Waals surface area contributed by atoms with Crippen LogP contribution in [-0.2, 0) is 0 Å². The van der Waals surface area contributed by atoms with Crippen LogP contribution in [-0.4, -0.2) is 15.3 Å². The predicted molar refractivity (Wildman–Crippen MR) is 102 cm³/mol. The highest BCUT2D eigenvalue weighted by Gasteiger charge is 2.18. The van der Waals surface area contributed by atoms with Gasteiger partial charge < -0.3 is 5.32 Å². The number of nitrogens with zero attached hydrogens (tertiary/aromatic N) is 2. The van der Waals surface area contributed by atoms with Gasteiger partial charge in [0.1, 0.15) is 10.7 Å². The number of aryl methyl sites for hydroxylation is 2. The largest absolute Gasteiger partial charge is 0.321 e. The van der Waals surface area contributed by atoms with Crippen molar-refractivity contribution in [2.75, 3.05) is 5.32 Å². The second-order valence-corrected chi connectivity index (χ2v) is 7.10. The lowest BCUT2D eigenvalue weighted by atomic mass is 10.2. The van der Waals surface area contributed by atoms with Crippen molar-refractivity contribution >= 4 is 27.9 Å². The van der Waals surface area contributed by atoms with E-state index in [1.54, 1.807) is 12.1 Å². The van der Waals surface area contributed by atoms with Gasteiger partial charge in [-0.15, -0.1) is 0 Å². The summed E-state index contributed by atoms with van der Waals surface area (Å²) in [5.41, 5.74) is 4.33. The van der Waals surface area contributed by atoms with Crippen LogP contribution in [0.2, 0.25) is 0 Å². The summed E-state index contributed by atoms with van der Waals surface area (Å²) in [7, 11) is 0. The number of amides is 1. The first-order valence-corrected chi connectivity index (χ1v) is 8.95. The van der Waals surface area contributed by atoms with E-state index in [-0.39, 0.29) is 11.7 Å². The van der Waals surface area contributed by atoms with Crippen LogP contribution < -0.4 is 5.32 Å². The summed E-state index contributed by atoms with van der Waals surface area (Å²) in [6.45, 7) is 3.90. The van der Waals surface area contributed by atoms with Gasteiger partial charge in [0.05, 0.1) is 5.69 Å². The van der Waals surface area contributed by atoms with Gasteiger partial charge in [0.2, 0.25) is 0 Å². The minimum absolute atomic E-state index is 0.148. The Hall–Kier alpha value is -2.99. The zero-order valence-electron chi connectivity index (χ0n) is 14.3. The zero-order valence-corrected chi connectivity index (χ0v) is 15.1. The maximum absolute atomic E-state index is 13.1. The summed E-state index contributed by atoms with van der Waals surface area (Å²) in [6, 6.07) is 13.9. The molecule has 0 aliphatic heterocycles. The summed E-state index contributed by atoms with van der Waals surface area (Å²) in [5, 5.41) is 2.92. The number of fused-ring (bicyclic) bond motifs is 1. The van der Waals surface area contributed by atoms with Crippen molar-refractivity contribution in [1.29, 1.82) is 0 Å². The number of aromatic nitrogens is 2. The van der Waals surface area contributed by atoms with Crippen molar-refractivity contribution in [2.24, 2.45) is 0 Å². The summed E-state index contributed by atoms with van der Waals surface area (Å²) >= 11 is 1.34. The molecule has 0 bridgehead atoms. The van der Waals surface area contributed by atoms with Gasteiger partial charge in [-0.05, 0) is 50.2 Å². The highest BCUT2D eigenvalue weighted by atomic mass is 32.1. The van der Waals surface area contributed by atoms with Gasteiger partial charge in [-0.3, -0.25) is 9.20 Å². The van der Waals surface area contributed by atoms with Gasteiger partial charge in [-0.25, -0.2) is 9.37 Å². The Morgan fingerprint density at radius 2 is 1.77 bits per heavy atom. The Labute approximate surface area is 153 Å². The van der Waals surface area contributed by atoms with Crippen LogP contribution in [0.4, 0.5) is 10.1 Å². The van der Waals surface area contributed by atoms with E-state index in [0.717, 1.165) is 33.2 Å². The Kier molecular flexibility index (Phi) is 4.05. The fraction of sp³-hybridized carbons (Fsp3) is 0.100. The number of carbonyl (C=O) groups excluding carboxylic acids is 1. The van der Waals surface area contributed by atoms with Crippen molar-refractivity contribution < 1.29 is 9.18 Å². The second-order valence-electron chi connectivity index (χ2n) is 6.12. The fourth-order valence-electron chi connectivity index (χ4n) is 2.75. The average molecular weight is 365 g/mol. The molecule has 4 nitrogen and oxygen atoms in total. The molecule has 2 heterocycles. The number of imidazole rings is 1. The van der Waals surface area contributed by atoms with Crippen LogP contribution >= 0.6 is 11.3 Å². The Morgan fingerprint density at radius 3 is 2.42 bits per heavy atom. The van der Waals surface area contributed by atoms with Crippen molar-refractivity contribution in [3.63, 3.8) is 0 Å². The van der Waals surface area contributed by atoms with E-state index < -0.39 is 0 Å². The summed E-state index contributed by atoms with van der Waals surface area (Å²) in [6.07, 6.45) is 1.87. The number of anilines is 1. The monoisotopic (exact) mass is 365 g/mol. The lowest BCUT2D eigenvalue weighted by Crippen LogP contribution is -2.11. The van der Waals surface area contributed by atoms with Gasteiger partial charge >= 0.3 is 0 Å². The first kappa shape index (κ1) is 16.5. The molecule has 130 valence electrons. The topological polar surface area (TPSA) is 46.4 Å². The first-order valence-electron chi connectivity index (χ1n) is 8.14. The minimum atomic E-state index is -0.277. The number of halogens is 1. The quantitative estimate of drug-likeness (QED) is 0.551. The van der Waals surface area contributed by atoms with Crippen molar-refractivity contribution in [1.82, 2.24) is 9.38 Å². The van der Waals surface area contributed by atoms with Crippen LogP contribution in [0.3, 0.4) is 0 Å². The third-order valence-electron chi connectivity index (χ3n) is 4.21. The van der Waals surface area contributed by atoms with Crippen LogP contribution in [0.25, 0.3) is 16.2 Å². The fourth-order valence-corrected chi connectivity index (χ4v) is 3.75. The molecule has 0 radical (unpaired) electrons. The molecular weight excluding hydrogens is 349 g/mol. The van der Waals surface area contributed by atoms with E-state index in [9.17, 15) is 9.18 Å². The molecular formula is C20H16FN3OS. The summed E-state index contributed by atoms with van der Waals surface area (Å²) in [4.78, 5) is 18.5. The number of hydrogen-bond donors (Lipinski definition) is 1. The molecule has 0 aliphatic rings. The van der Waals surface area contributed by atoms with Crippen molar-refractivity contribution in [3.8, 4) is 11.3 Å². The molecule has 1 N–H and O–H groups in total. The number of benzene rings is 2. The van der Waals surface area contributed by atoms with Crippen molar-refractivity contribution in [2.45, 2.75) is 13.8 Å². The number of thiazole rings is 1. The zero-order chi connectivity index (χ0) is 18.3. The molecule has 0 unspecified atom stereocenters. The van der Waals surface area contributed by atoms with Gasteiger partial charge in [-0.1, -0.05) is 29.0 Å². The third kappa shape index (κ3) is 2.99. The molecule has 0 atom stereocenters. The van der Waals surface area contributed by atoms with Crippen LogP contribution in [0.5, 0.6) is 0 Å². The minimum Gasteiger partial charge on any atom is -0.321 e.